The van der Waals surface area contributed by atoms with Crippen molar-refractivity contribution in [3.8, 4) is 5.75 Å². The van der Waals surface area contributed by atoms with Crippen LogP contribution in [0.15, 0.2) is 48.5 Å². The fourth-order valence-electron chi connectivity index (χ4n) is 2.81. The van der Waals surface area contributed by atoms with Gasteiger partial charge in [0.2, 0.25) is 5.91 Å². The molecule has 118 valence electrons. The molecule has 1 fully saturated rings. The lowest BCUT2D eigenvalue weighted by atomic mass is 10.1. The van der Waals surface area contributed by atoms with Gasteiger partial charge in [0.15, 0.2) is 0 Å². The van der Waals surface area contributed by atoms with Crippen LogP contribution in [0.2, 0.25) is 0 Å². The molecule has 0 saturated carbocycles. The van der Waals surface area contributed by atoms with Crippen molar-refractivity contribution >= 4 is 17.6 Å². The van der Waals surface area contributed by atoms with Crippen molar-refractivity contribution in [3.05, 3.63) is 59.7 Å². The molecule has 0 aliphatic carbocycles. The summed E-state index contributed by atoms with van der Waals surface area (Å²) in [6, 6.07) is 14.8. The standard InChI is InChI=1S/C19H19NO3/c1-13-7-6-10-17(14(13)2)20-12-15(11-18(20)21)19(22)23-16-8-4-3-5-9-16/h3-10,15H,11-12H2,1-2H3/t15-/m0/s1. The maximum atomic E-state index is 12.3. The Hall–Kier alpha value is -2.62. The highest BCUT2D eigenvalue weighted by Gasteiger charge is 2.37. The summed E-state index contributed by atoms with van der Waals surface area (Å²) in [5.41, 5.74) is 3.08. The topological polar surface area (TPSA) is 46.6 Å². The van der Waals surface area contributed by atoms with E-state index in [0.717, 1.165) is 16.8 Å². The van der Waals surface area contributed by atoms with Gasteiger partial charge in [-0.2, -0.15) is 0 Å². The Balaban J connectivity index is 1.75. The highest BCUT2D eigenvalue weighted by Crippen LogP contribution is 2.30. The summed E-state index contributed by atoms with van der Waals surface area (Å²) in [7, 11) is 0. The van der Waals surface area contributed by atoms with Gasteiger partial charge in [0.1, 0.15) is 5.75 Å². The number of esters is 1. The molecular formula is C19H19NO3. The molecule has 1 amide bonds. The van der Waals surface area contributed by atoms with Crippen molar-refractivity contribution in [1.82, 2.24) is 0 Å². The van der Waals surface area contributed by atoms with Crippen LogP contribution in [0.3, 0.4) is 0 Å². The molecule has 1 aliphatic rings. The molecular weight excluding hydrogens is 290 g/mol. The summed E-state index contributed by atoms with van der Waals surface area (Å²) < 4.78 is 5.37. The molecule has 4 heteroatoms. The monoisotopic (exact) mass is 309 g/mol. The van der Waals surface area contributed by atoms with Crippen molar-refractivity contribution in [2.45, 2.75) is 20.3 Å². The van der Waals surface area contributed by atoms with Gasteiger partial charge in [-0.15, -0.1) is 0 Å². The Morgan fingerprint density at radius 3 is 2.57 bits per heavy atom. The average molecular weight is 309 g/mol. The quantitative estimate of drug-likeness (QED) is 0.646. The number of carbonyl (C=O) groups is 2. The number of benzene rings is 2. The Morgan fingerprint density at radius 1 is 1.09 bits per heavy atom. The Bertz CT molecular complexity index is 740. The average Bonchev–Trinajstić information content (AvgIpc) is 2.93. The molecule has 2 aromatic rings. The third-order valence-corrected chi connectivity index (χ3v) is 4.29. The fraction of sp³-hybridized carbons (Fsp3) is 0.263. The van der Waals surface area contributed by atoms with Crippen LogP contribution in [-0.2, 0) is 9.59 Å². The summed E-state index contributed by atoms with van der Waals surface area (Å²) >= 11 is 0. The molecule has 0 N–H and O–H groups in total. The van der Waals surface area contributed by atoms with E-state index < -0.39 is 5.92 Å². The zero-order valence-electron chi connectivity index (χ0n) is 13.3. The zero-order chi connectivity index (χ0) is 16.4. The van der Waals surface area contributed by atoms with Crippen LogP contribution in [0.4, 0.5) is 5.69 Å². The van der Waals surface area contributed by atoms with Gasteiger partial charge in [0.05, 0.1) is 5.92 Å². The van der Waals surface area contributed by atoms with Crippen molar-refractivity contribution in [1.29, 1.82) is 0 Å². The first-order valence-corrected chi connectivity index (χ1v) is 7.69. The van der Waals surface area contributed by atoms with Crippen LogP contribution >= 0.6 is 0 Å². The minimum atomic E-state index is -0.428. The van der Waals surface area contributed by atoms with Crippen molar-refractivity contribution in [2.24, 2.45) is 5.92 Å². The normalized spacial score (nSPS) is 17.4. The van der Waals surface area contributed by atoms with E-state index in [1.165, 1.54) is 0 Å². The molecule has 0 bridgehead atoms. The minimum Gasteiger partial charge on any atom is -0.426 e. The smallest absolute Gasteiger partial charge is 0.316 e. The maximum absolute atomic E-state index is 12.3. The number of aryl methyl sites for hydroxylation is 1. The van der Waals surface area contributed by atoms with Gasteiger partial charge in [-0.3, -0.25) is 9.59 Å². The maximum Gasteiger partial charge on any atom is 0.316 e. The van der Waals surface area contributed by atoms with E-state index in [1.54, 1.807) is 17.0 Å². The first kappa shape index (κ1) is 15.3. The minimum absolute atomic E-state index is 0.0336. The van der Waals surface area contributed by atoms with Gasteiger partial charge in [0, 0.05) is 18.7 Å². The van der Waals surface area contributed by atoms with Gasteiger partial charge in [0.25, 0.3) is 0 Å². The second kappa shape index (κ2) is 6.24. The SMILES string of the molecule is Cc1cccc(N2C[C@@H](C(=O)Oc3ccccc3)CC2=O)c1C. The summed E-state index contributed by atoms with van der Waals surface area (Å²) in [5, 5.41) is 0. The van der Waals surface area contributed by atoms with Gasteiger partial charge in [-0.1, -0.05) is 30.3 Å². The predicted molar refractivity (Wildman–Crippen MR) is 88.5 cm³/mol. The van der Waals surface area contributed by atoms with E-state index in [2.05, 4.69) is 0 Å². The molecule has 1 atom stereocenters. The summed E-state index contributed by atoms with van der Waals surface area (Å²) in [5.74, 6) is -0.302. The van der Waals surface area contributed by atoms with Gasteiger partial charge in [-0.25, -0.2) is 0 Å². The largest absolute Gasteiger partial charge is 0.426 e. The Labute approximate surface area is 135 Å². The molecule has 0 spiro atoms. The third-order valence-electron chi connectivity index (χ3n) is 4.29. The molecule has 4 nitrogen and oxygen atoms in total. The lowest BCUT2D eigenvalue weighted by Gasteiger charge is -2.20. The molecule has 3 rings (SSSR count). The number of anilines is 1. The highest BCUT2D eigenvalue weighted by molar-refractivity contribution is 6.00. The van der Waals surface area contributed by atoms with Crippen LogP contribution in [-0.4, -0.2) is 18.4 Å². The molecule has 1 heterocycles. The Morgan fingerprint density at radius 2 is 1.83 bits per heavy atom. The number of nitrogens with zero attached hydrogens (tertiary/aromatic N) is 1. The molecule has 1 saturated heterocycles. The Kier molecular flexibility index (Phi) is 4.15. The van der Waals surface area contributed by atoms with Gasteiger partial charge < -0.3 is 9.64 Å². The number of rotatable bonds is 3. The van der Waals surface area contributed by atoms with E-state index in [0.29, 0.717) is 12.3 Å². The lowest BCUT2D eigenvalue weighted by Crippen LogP contribution is -2.28. The van der Waals surface area contributed by atoms with Gasteiger partial charge >= 0.3 is 5.97 Å². The number of hydrogen-bond donors (Lipinski definition) is 0. The van der Waals surface area contributed by atoms with Crippen LogP contribution in [0.1, 0.15) is 17.5 Å². The number of hydrogen-bond acceptors (Lipinski definition) is 3. The predicted octanol–water partition coefficient (Wildman–Crippen LogP) is 3.26. The van der Waals surface area contributed by atoms with Crippen molar-refractivity contribution in [3.63, 3.8) is 0 Å². The van der Waals surface area contributed by atoms with E-state index in [9.17, 15) is 9.59 Å². The number of amides is 1. The first-order chi connectivity index (χ1) is 11.1. The molecule has 0 unspecified atom stereocenters. The molecule has 23 heavy (non-hydrogen) atoms. The fourth-order valence-corrected chi connectivity index (χ4v) is 2.81. The zero-order valence-corrected chi connectivity index (χ0v) is 13.3. The van der Waals surface area contributed by atoms with Crippen molar-refractivity contribution in [2.75, 3.05) is 11.4 Å². The van der Waals surface area contributed by atoms with Gasteiger partial charge in [-0.05, 0) is 43.2 Å². The lowest BCUT2D eigenvalue weighted by molar-refractivity contribution is -0.139. The highest BCUT2D eigenvalue weighted by atomic mass is 16.5. The van der Waals surface area contributed by atoms with Crippen LogP contribution in [0.5, 0.6) is 5.75 Å². The van der Waals surface area contributed by atoms with E-state index in [4.69, 9.17) is 4.74 Å². The van der Waals surface area contributed by atoms with E-state index in [-0.39, 0.29) is 18.3 Å². The van der Waals surface area contributed by atoms with Crippen LogP contribution in [0.25, 0.3) is 0 Å². The number of ether oxygens (including phenoxy) is 1. The second-order valence-electron chi connectivity index (χ2n) is 5.86. The summed E-state index contributed by atoms with van der Waals surface area (Å²) in [4.78, 5) is 26.3. The second-order valence-corrected chi connectivity index (χ2v) is 5.86. The summed E-state index contributed by atoms with van der Waals surface area (Å²) in [6.07, 6.45) is 0.194. The first-order valence-electron chi connectivity index (χ1n) is 7.69. The van der Waals surface area contributed by atoms with Crippen LogP contribution in [0, 0.1) is 19.8 Å². The summed E-state index contributed by atoms with van der Waals surface area (Å²) in [6.45, 7) is 4.38. The molecule has 2 aromatic carbocycles. The van der Waals surface area contributed by atoms with E-state index >= 15 is 0 Å². The van der Waals surface area contributed by atoms with Crippen molar-refractivity contribution < 1.29 is 14.3 Å². The molecule has 0 radical (unpaired) electrons. The van der Waals surface area contributed by atoms with E-state index in [1.807, 2.05) is 50.2 Å². The molecule has 1 aliphatic heterocycles. The number of carbonyl (C=O) groups excluding carboxylic acids is 2. The third kappa shape index (κ3) is 3.11. The number of para-hydroxylation sites is 1. The van der Waals surface area contributed by atoms with Crippen LogP contribution < -0.4 is 9.64 Å². The molecule has 0 aromatic heterocycles.